The fraction of sp³-hybridized carbons (Fsp3) is 0.480. The molecule has 0 atom stereocenters. The van der Waals surface area contributed by atoms with E-state index in [9.17, 15) is 0 Å². The summed E-state index contributed by atoms with van der Waals surface area (Å²) < 4.78 is 0. The van der Waals surface area contributed by atoms with Crippen LogP contribution in [0.25, 0.3) is 22.2 Å². The third kappa shape index (κ3) is 4.24. The van der Waals surface area contributed by atoms with Crippen LogP contribution in [0, 0.1) is 6.92 Å². The van der Waals surface area contributed by atoms with Gasteiger partial charge in [-0.2, -0.15) is 0 Å². The molecular weight excluding hydrogens is 356 g/mol. The molecule has 29 heavy (non-hydrogen) atoms. The van der Waals surface area contributed by atoms with Gasteiger partial charge in [0.1, 0.15) is 0 Å². The normalized spacial score (nSPS) is 16.2. The second-order valence-corrected chi connectivity index (χ2v) is 8.78. The molecule has 0 bridgehead atoms. The van der Waals surface area contributed by atoms with E-state index in [2.05, 4.69) is 71.3 Å². The lowest BCUT2D eigenvalue weighted by Crippen LogP contribution is -2.37. The van der Waals surface area contributed by atoms with Gasteiger partial charge in [-0.1, -0.05) is 19.9 Å². The molecule has 0 aliphatic carbocycles. The van der Waals surface area contributed by atoms with Crippen molar-refractivity contribution in [2.45, 2.75) is 45.4 Å². The van der Waals surface area contributed by atoms with Crippen LogP contribution in [-0.4, -0.2) is 48.1 Å². The third-order valence-electron chi connectivity index (χ3n) is 6.36. The number of pyridine rings is 1. The Bertz CT molecular complexity index is 964. The van der Waals surface area contributed by atoms with Gasteiger partial charge in [-0.15, -0.1) is 0 Å². The van der Waals surface area contributed by atoms with Gasteiger partial charge in [-0.3, -0.25) is 4.98 Å². The number of hydrogen-bond donors (Lipinski definition) is 2. The minimum atomic E-state index is 0.464. The molecule has 4 heteroatoms. The van der Waals surface area contributed by atoms with Gasteiger partial charge in [0.2, 0.25) is 0 Å². The van der Waals surface area contributed by atoms with E-state index in [1.165, 1.54) is 59.2 Å². The number of H-pyrrole nitrogens is 1. The first-order chi connectivity index (χ1) is 14.1. The Morgan fingerprint density at radius 3 is 2.66 bits per heavy atom. The van der Waals surface area contributed by atoms with E-state index in [-0.39, 0.29) is 0 Å². The molecule has 2 N–H and O–H groups in total. The molecule has 1 saturated heterocycles. The number of aromatic amines is 1. The standard InChI is InChI=1S/C25H34N4/c1-17(2)24-22-16-20(19-8-12-29(13-9-19)14-11-26-4)5-6-23(22)28-25(24)21-7-10-27-18(3)15-21/h5-7,10,15-17,19,26,28H,8-9,11-14H2,1-4H3. The summed E-state index contributed by atoms with van der Waals surface area (Å²) in [6.07, 6.45) is 4.42. The number of fused-ring (bicyclic) bond motifs is 1. The second kappa shape index (κ2) is 8.68. The molecule has 0 radical (unpaired) electrons. The number of hydrogen-bond acceptors (Lipinski definition) is 3. The lowest BCUT2D eigenvalue weighted by molar-refractivity contribution is 0.214. The summed E-state index contributed by atoms with van der Waals surface area (Å²) in [4.78, 5) is 10.7. The Labute approximate surface area is 174 Å². The van der Waals surface area contributed by atoms with Gasteiger partial charge in [-0.05, 0) is 87.1 Å². The van der Waals surface area contributed by atoms with Gasteiger partial charge in [0.05, 0.1) is 5.69 Å². The number of benzene rings is 1. The van der Waals surface area contributed by atoms with E-state index in [1.54, 1.807) is 0 Å². The minimum absolute atomic E-state index is 0.464. The summed E-state index contributed by atoms with van der Waals surface area (Å²) in [6, 6.07) is 11.4. The van der Waals surface area contributed by atoms with Crippen molar-refractivity contribution < 1.29 is 0 Å². The maximum absolute atomic E-state index is 4.37. The third-order valence-corrected chi connectivity index (χ3v) is 6.36. The summed E-state index contributed by atoms with van der Waals surface area (Å²) in [7, 11) is 2.03. The van der Waals surface area contributed by atoms with Crippen LogP contribution in [0.15, 0.2) is 36.5 Å². The molecule has 4 nitrogen and oxygen atoms in total. The Hall–Kier alpha value is -2.17. The Morgan fingerprint density at radius 1 is 1.17 bits per heavy atom. The van der Waals surface area contributed by atoms with Crippen LogP contribution in [-0.2, 0) is 0 Å². The first kappa shape index (κ1) is 20.1. The highest BCUT2D eigenvalue weighted by atomic mass is 15.1. The van der Waals surface area contributed by atoms with Crippen LogP contribution < -0.4 is 5.32 Å². The van der Waals surface area contributed by atoms with Crippen LogP contribution in [0.5, 0.6) is 0 Å². The van der Waals surface area contributed by atoms with Crippen molar-refractivity contribution in [3.8, 4) is 11.3 Å². The number of rotatable bonds is 6. The van der Waals surface area contributed by atoms with E-state index in [0.29, 0.717) is 11.8 Å². The second-order valence-electron chi connectivity index (χ2n) is 8.78. The summed E-state index contributed by atoms with van der Waals surface area (Å²) in [6.45, 7) is 11.3. The van der Waals surface area contributed by atoms with Crippen LogP contribution in [0.2, 0.25) is 0 Å². The van der Waals surface area contributed by atoms with E-state index < -0.39 is 0 Å². The highest BCUT2D eigenvalue weighted by Gasteiger charge is 2.22. The summed E-state index contributed by atoms with van der Waals surface area (Å²) in [5.41, 5.74) is 7.72. The van der Waals surface area contributed by atoms with Crippen LogP contribution in [0.3, 0.4) is 0 Å². The van der Waals surface area contributed by atoms with Gasteiger partial charge < -0.3 is 15.2 Å². The molecule has 3 heterocycles. The number of likely N-dealkylation sites (tertiary alicyclic amines) is 1. The molecule has 3 aromatic rings. The highest BCUT2D eigenvalue weighted by Crippen LogP contribution is 2.38. The monoisotopic (exact) mass is 390 g/mol. The molecule has 1 aromatic carbocycles. The Morgan fingerprint density at radius 2 is 1.97 bits per heavy atom. The minimum Gasteiger partial charge on any atom is -0.354 e. The average molecular weight is 391 g/mol. The number of aryl methyl sites for hydroxylation is 1. The van der Waals surface area contributed by atoms with Gasteiger partial charge in [-0.25, -0.2) is 0 Å². The molecule has 0 amide bonds. The smallest absolute Gasteiger partial charge is 0.0501 e. The summed E-state index contributed by atoms with van der Waals surface area (Å²) in [5, 5.41) is 4.65. The molecule has 1 fully saturated rings. The van der Waals surface area contributed by atoms with Crippen molar-refractivity contribution in [2.24, 2.45) is 0 Å². The van der Waals surface area contributed by atoms with E-state index in [1.807, 2.05) is 13.2 Å². The largest absolute Gasteiger partial charge is 0.354 e. The predicted molar refractivity (Wildman–Crippen MR) is 123 cm³/mol. The highest BCUT2D eigenvalue weighted by molar-refractivity contribution is 5.92. The van der Waals surface area contributed by atoms with Crippen molar-refractivity contribution in [3.63, 3.8) is 0 Å². The van der Waals surface area contributed by atoms with Crippen molar-refractivity contribution in [1.29, 1.82) is 0 Å². The maximum Gasteiger partial charge on any atom is 0.0501 e. The summed E-state index contributed by atoms with van der Waals surface area (Å²) in [5.74, 6) is 1.14. The molecule has 154 valence electrons. The zero-order valence-electron chi connectivity index (χ0n) is 18.3. The quantitative estimate of drug-likeness (QED) is 0.618. The molecule has 0 spiro atoms. The fourth-order valence-electron chi connectivity index (χ4n) is 4.77. The number of likely N-dealkylation sites (N-methyl/N-ethyl adjacent to an activating group) is 1. The van der Waals surface area contributed by atoms with E-state index in [0.717, 1.165) is 18.8 Å². The number of piperidine rings is 1. The topological polar surface area (TPSA) is 44.0 Å². The van der Waals surface area contributed by atoms with Gasteiger partial charge >= 0.3 is 0 Å². The van der Waals surface area contributed by atoms with Crippen LogP contribution >= 0.6 is 0 Å². The van der Waals surface area contributed by atoms with Gasteiger partial charge in [0, 0.05) is 41.4 Å². The van der Waals surface area contributed by atoms with Crippen molar-refractivity contribution in [3.05, 3.63) is 53.3 Å². The zero-order valence-corrected chi connectivity index (χ0v) is 18.3. The molecule has 4 rings (SSSR count). The number of aromatic nitrogens is 2. The lowest BCUT2D eigenvalue weighted by atomic mass is 9.87. The van der Waals surface area contributed by atoms with Crippen LogP contribution in [0.1, 0.15) is 55.3 Å². The fourth-order valence-corrected chi connectivity index (χ4v) is 4.77. The molecule has 2 aromatic heterocycles. The lowest BCUT2D eigenvalue weighted by Gasteiger charge is -2.32. The molecule has 1 aliphatic heterocycles. The Balaban J connectivity index is 1.65. The molecule has 0 unspecified atom stereocenters. The molecular formula is C25H34N4. The zero-order chi connectivity index (χ0) is 20.4. The number of nitrogens with zero attached hydrogens (tertiary/aromatic N) is 2. The summed E-state index contributed by atoms with van der Waals surface area (Å²) >= 11 is 0. The van der Waals surface area contributed by atoms with Gasteiger partial charge in [0.15, 0.2) is 0 Å². The SMILES string of the molecule is CNCCN1CCC(c2ccc3[nH]c(-c4ccnc(C)c4)c(C(C)C)c3c2)CC1. The average Bonchev–Trinajstić information content (AvgIpc) is 3.11. The first-order valence-electron chi connectivity index (χ1n) is 11.0. The number of nitrogens with one attached hydrogen (secondary N) is 2. The Kier molecular flexibility index (Phi) is 6.02. The van der Waals surface area contributed by atoms with Crippen molar-refractivity contribution in [2.75, 3.05) is 33.2 Å². The van der Waals surface area contributed by atoms with Crippen molar-refractivity contribution >= 4 is 10.9 Å². The van der Waals surface area contributed by atoms with E-state index >= 15 is 0 Å². The molecule has 0 saturated carbocycles. The van der Waals surface area contributed by atoms with Crippen LogP contribution in [0.4, 0.5) is 0 Å². The van der Waals surface area contributed by atoms with Crippen molar-refractivity contribution in [1.82, 2.24) is 20.2 Å². The maximum atomic E-state index is 4.37. The van der Waals surface area contributed by atoms with Gasteiger partial charge in [0.25, 0.3) is 0 Å². The molecule has 1 aliphatic rings. The first-order valence-corrected chi connectivity index (χ1v) is 11.0. The van der Waals surface area contributed by atoms with E-state index in [4.69, 9.17) is 0 Å². The predicted octanol–water partition coefficient (Wildman–Crippen LogP) is 5.06.